The maximum absolute atomic E-state index is 4.81. The Morgan fingerprint density at radius 3 is 2.36 bits per heavy atom. The molecule has 0 aliphatic carbocycles. The molecule has 4 aromatic rings. The van der Waals surface area contributed by atoms with E-state index in [4.69, 9.17) is 5.10 Å². The predicted octanol–water partition coefficient (Wildman–Crippen LogP) is 1.73. The van der Waals surface area contributed by atoms with Gasteiger partial charge in [0.05, 0.1) is 11.4 Å². The van der Waals surface area contributed by atoms with E-state index in [0.29, 0.717) is 5.78 Å². The SMILES string of the molecule is Cc1nc2ncnn2c(N2CCN(c3ccc4nc(C)c(C)n4n3)CC2)c1C. The number of aromatic nitrogens is 7. The molecule has 0 radical (unpaired) electrons. The second-order valence-electron chi connectivity index (χ2n) is 7.34. The van der Waals surface area contributed by atoms with Crippen molar-refractivity contribution in [3.8, 4) is 0 Å². The Hall–Kier alpha value is -3.23. The summed E-state index contributed by atoms with van der Waals surface area (Å²) in [4.78, 5) is 18.0. The van der Waals surface area contributed by atoms with Gasteiger partial charge in [-0.3, -0.25) is 0 Å². The molecule has 4 aromatic heterocycles. The molecule has 0 spiro atoms. The van der Waals surface area contributed by atoms with E-state index in [0.717, 1.165) is 66.1 Å². The molecule has 1 aliphatic rings. The van der Waals surface area contributed by atoms with E-state index in [1.54, 1.807) is 6.33 Å². The first-order valence-electron chi connectivity index (χ1n) is 9.53. The van der Waals surface area contributed by atoms with Crippen molar-refractivity contribution in [3.05, 3.63) is 41.1 Å². The highest BCUT2D eigenvalue weighted by molar-refractivity contribution is 5.56. The van der Waals surface area contributed by atoms with Crippen molar-refractivity contribution in [1.29, 1.82) is 0 Å². The van der Waals surface area contributed by atoms with Crippen molar-refractivity contribution in [2.24, 2.45) is 0 Å². The van der Waals surface area contributed by atoms with Gasteiger partial charge in [0.1, 0.15) is 18.0 Å². The lowest BCUT2D eigenvalue weighted by Gasteiger charge is -2.37. The van der Waals surface area contributed by atoms with Gasteiger partial charge in [-0.05, 0) is 39.8 Å². The maximum atomic E-state index is 4.81. The van der Waals surface area contributed by atoms with Crippen LogP contribution in [-0.2, 0) is 0 Å². The highest BCUT2D eigenvalue weighted by Crippen LogP contribution is 2.25. The number of rotatable bonds is 2. The molecule has 0 aromatic carbocycles. The van der Waals surface area contributed by atoms with Crippen LogP contribution in [0.1, 0.15) is 22.6 Å². The molecule has 0 bridgehead atoms. The second kappa shape index (κ2) is 6.15. The summed E-state index contributed by atoms with van der Waals surface area (Å²) in [6, 6.07) is 4.11. The standard InChI is InChI=1S/C19H23N9/c1-12-13(2)23-19-20-11-21-28(19)18(12)26-9-7-25(8-10-26)17-6-5-16-22-14(3)15(4)27(16)24-17/h5-6,11H,7-10H2,1-4H3. The van der Waals surface area contributed by atoms with E-state index in [9.17, 15) is 0 Å². The van der Waals surface area contributed by atoms with Crippen molar-refractivity contribution in [3.63, 3.8) is 0 Å². The van der Waals surface area contributed by atoms with Crippen molar-refractivity contribution in [2.75, 3.05) is 36.0 Å². The minimum Gasteiger partial charge on any atom is -0.353 e. The summed E-state index contributed by atoms with van der Waals surface area (Å²) in [5, 5.41) is 9.20. The molecular weight excluding hydrogens is 354 g/mol. The normalized spacial score (nSPS) is 15.1. The summed E-state index contributed by atoms with van der Waals surface area (Å²) in [7, 11) is 0. The molecular formula is C19H23N9. The van der Waals surface area contributed by atoms with Crippen molar-refractivity contribution < 1.29 is 0 Å². The second-order valence-corrected chi connectivity index (χ2v) is 7.34. The first-order valence-corrected chi connectivity index (χ1v) is 9.53. The number of nitrogens with zero attached hydrogens (tertiary/aromatic N) is 9. The first kappa shape index (κ1) is 16.9. The van der Waals surface area contributed by atoms with E-state index in [-0.39, 0.29) is 0 Å². The topological polar surface area (TPSA) is 79.8 Å². The molecule has 0 amide bonds. The van der Waals surface area contributed by atoms with Gasteiger partial charge in [0.2, 0.25) is 0 Å². The molecule has 0 atom stereocenters. The smallest absolute Gasteiger partial charge is 0.254 e. The summed E-state index contributed by atoms with van der Waals surface area (Å²) >= 11 is 0. The molecule has 1 saturated heterocycles. The minimum absolute atomic E-state index is 0.651. The quantitative estimate of drug-likeness (QED) is 0.526. The van der Waals surface area contributed by atoms with Crippen LogP contribution in [0, 0.1) is 27.7 Å². The molecule has 0 saturated carbocycles. The van der Waals surface area contributed by atoms with Gasteiger partial charge in [-0.2, -0.15) is 14.6 Å². The van der Waals surface area contributed by atoms with E-state index >= 15 is 0 Å². The summed E-state index contributed by atoms with van der Waals surface area (Å²) in [6.45, 7) is 11.8. The Labute approximate surface area is 162 Å². The van der Waals surface area contributed by atoms with Crippen LogP contribution in [0.5, 0.6) is 0 Å². The van der Waals surface area contributed by atoms with Crippen LogP contribution in [0.3, 0.4) is 0 Å². The largest absolute Gasteiger partial charge is 0.353 e. The zero-order valence-corrected chi connectivity index (χ0v) is 16.6. The molecule has 28 heavy (non-hydrogen) atoms. The van der Waals surface area contributed by atoms with Crippen LogP contribution >= 0.6 is 0 Å². The van der Waals surface area contributed by atoms with Crippen LogP contribution in [0.2, 0.25) is 0 Å². The van der Waals surface area contributed by atoms with E-state index < -0.39 is 0 Å². The Morgan fingerprint density at radius 2 is 1.57 bits per heavy atom. The summed E-state index contributed by atoms with van der Waals surface area (Å²) < 4.78 is 3.78. The van der Waals surface area contributed by atoms with Gasteiger partial charge >= 0.3 is 0 Å². The van der Waals surface area contributed by atoms with Crippen molar-refractivity contribution in [2.45, 2.75) is 27.7 Å². The number of hydrogen-bond donors (Lipinski definition) is 0. The van der Waals surface area contributed by atoms with Crippen LogP contribution in [0.15, 0.2) is 18.5 Å². The summed E-state index contributed by atoms with van der Waals surface area (Å²) in [5.41, 5.74) is 5.15. The molecule has 9 heteroatoms. The lowest BCUT2D eigenvalue weighted by molar-refractivity contribution is 0.626. The van der Waals surface area contributed by atoms with Crippen LogP contribution in [-0.4, -0.2) is 60.4 Å². The summed E-state index contributed by atoms with van der Waals surface area (Å²) in [5.74, 6) is 2.73. The van der Waals surface area contributed by atoms with Gasteiger partial charge in [0.25, 0.3) is 5.78 Å². The Kier molecular flexibility index (Phi) is 3.71. The molecule has 0 unspecified atom stereocenters. The van der Waals surface area contributed by atoms with Gasteiger partial charge in [-0.25, -0.2) is 14.5 Å². The van der Waals surface area contributed by atoms with E-state index in [2.05, 4.69) is 49.8 Å². The lowest BCUT2D eigenvalue weighted by atomic mass is 10.2. The predicted molar refractivity (Wildman–Crippen MR) is 107 cm³/mol. The Balaban J connectivity index is 1.42. The number of piperazine rings is 1. The molecule has 144 valence electrons. The number of hydrogen-bond acceptors (Lipinski definition) is 7. The Bertz CT molecular complexity index is 1180. The Morgan fingerprint density at radius 1 is 0.821 bits per heavy atom. The van der Waals surface area contributed by atoms with Crippen molar-refractivity contribution >= 4 is 23.1 Å². The van der Waals surface area contributed by atoms with Crippen molar-refractivity contribution in [1.82, 2.24) is 34.2 Å². The van der Waals surface area contributed by atoms with E-state index in [1.807, 2.05) is 28.9 Å². The molecule has 9 nitrogen and oxygen atoms in total. The van der Waals surface area contributed by atoms with Crippen LogP contribution in [0.25, 0.3) is 11.4 Å². The average Bonchev–Trinajstić information content (AvgIpc) is 3.27. The van der Waals surface area contributed by atoms with Gasteiger partial charge < -0.3 is 9.80 Å². The highest BCUT2D eigenvalue weighted by Gasteiger charge is 2.23. The van der Waals surface area contributed by atoms with Crippen LogP contribution in [0.4, 0.5) is 11.6 Å². The molecule has 5 rings (SSSR count). The van der Waals surface area contributed by atoms with E-state index in [1.165, 1.54) is 0 Å². The fourth-order valence-electron chi connectivity index (χ4n) is 3.85. The van der Waals surface area contributed by atoms with Gasteiger partial charge in [-0.1, -0.05) is 0 Å². The molecule has 5 heterocycles. The monoisotopic (exact) mass is 377 g/mol. The lowest BCUT2D eigenvalue weighted by Crippen LogP contribution is -2.47. The third kappa shape index (κ3) is 2.49. The molecule has 0 N–H and O–H groups in total. The third-order valence-electron chi connectivity index (χ3n) is 5.70. The zero-order chi connectivity index (χ0) is 19.4. The van der Waals surface area contributed by atoms with Gasteiger partial charge in [0, 0.05) is 37.4 Å². The number of aryl methyl sites for hydroxylation is 3. The third-order valence-corrected chi connectivity index (χ3v) is 5.70. The maximum Gasteiger partial charge on any atom is 0.254 e. The molecule has 1 aliphatic heterocycles. The molecule has 1 fully saturated rings. The van der Waals surface area contributed by atoms with Gasteiger partial charge in [-0.15, -0.1) is 5.10 Å². The highest BCUT2D eigenvalue weighted by atomic mass is 15.4. The van der Waals surface area contributed by atoms with Gasteiger partial charge in [0.15, 0.2) is 5.65 Å². The first-order chi connectivity index (χ1) is 13.5. The zero-order valence-electron chi connectivity index (χ0n) is 16.6. The average molecular weight is 377 g/mol. The number of anilines is 2. The fourth-order valence-corrected chi connectivity index (χ4v) is 3.85. The number of imidazole rings is 1. The fraction of sp³-hybridized carbons (Fsp3) is 0.421. The number of fused-ring (bicyclic) bond motifs is 2. The minimum atomic E-state index is 0.651. The summed E-state index contributed by atoms with van der Waals surface area (Å²) in [6.07, 6.45) is 1.57. The van der Waals surface area contributed by atoms with Crippen LogP contribution < -0.4 is 9.80 Å².